The van der Waals surface area contributed by atoms with Crippen LogP contribution in [0.1, 0.15) is 12.8 Å². The molecule has 1 aromatic rings. The highest BCUT2D eigenvalue weighted by atomic mass is 79.9. The van der Waals surface area contributed by atoms with Gasteiger partial charge < -0.3 is 9.84 Å². The Bertz CT molecular complexity index is 312. The molecule has 1 aliphatic rings. The summed E-state index contributed by atoms with van der Waals surface area (Å²) in [4.78, 5) is 3.71. The average Bonchev–Trinajstić information content (AvgIpc) is 2.90. The highest BCUT2D eigenvalue weighted by molar-refractivity contribution is 9.10. The van der Waals surface area contributed by atoms with E-state index in [0.29, 0.717) is 11.7 Å². The van der Waals surface area contributed by atoms with Crippen LogP contribution in [0.4, 0.5) is 0 Å². The lowest BCUT2D eigenvalue weighted by atomic mass is 10.4. The van der Waals surface area contributed by atoms with Gasteiger partial charge in [0, 0.05) is 12.3 Å². The molecule has 0 aromatic carbocycles. The van der Waals surface area contributed by atoms with Gasteiger partial charge in [-0.3, -0.25) is 0 Å². The first-order valence-electron chi connectivity index (χ1n) is 4.23. The third-order valence-corrected chi connectivity index (χ3v) is 2.57. The lowest BCUT2D eigenvalue weighted by molar-refractivity contribution is 0.295. The van der Waals surface area contributed by atoms with E-state index >= 15 is 0 Å². The molecule has 0 amide bonds. The lowest BCUT2D eigenvalue weighted by Crippen LogP contribution is -1.99. The minimum Gasteiger partial charge on any atom is -0.493 e. The van der Waals surface area contributed by atoms with Crippen molar-refractivity contribution in [1.29, 1.82) is 0 Å². The smallest absolute Gasteiger partial charge is 0.214 e. The molecule has 0 unspecified atom stereocenters. The molecule has 3 nitrogen and oxygen atoms in total. The molecule has 0 atom stereocenters. The predicted octanol–water partition coefficient (Wildman–Crippen LogP) is 2.34. The van der Waals surface area contributed by atoms with Crippen molar-refractivity contribution < 1.29 is 9.84 Å². The van der Waals surface area contributed by atoms with Gasteiger partial charge in [0.2, 0.25) is 5.88 Å². The topological polar surface area (TPSA) is 42.4 Å². The molecule has 2 rings (SSSR count). The van der Waals surface area contributed by atoms with Crippen molar-refractivity contribution in [2.24, 2.45) is 5.92 Å². The van der Waals surface area contributed by atoms with Crippen LogP contribution in [0, 0.1) is 5.92 Å². The van der Waals surface area contributed by atoms with E-state index in [0.717, 1.165) is 11.1 Å². The summed E-state index contributed by atoms with van der Waals surface area (Å²) in [5.41, 5.74) is 0. The van der Waals surface area contributed by atoms with Gasteiger partial charge >= 0.3 is 0 Å². The highest BCUT2D eigenvalue weighted by Gasteiger charge is 2.22. The molecule has 1 aromatic heterocycles. The molecular weight excluding hydrogens is 234 g/mol. The van der Waals surface area contributed by atoms with E-state index in [1.165, 1.54) is 25.1 Å². The third kappa shape index (κ3) is 2.34. The van der Waals surface area contributed by atoms with E-state index in [2.05, 4.69) is 20.9 Å². The maximum Gasteiger partial charge on any atom is 0.214 e. The third-order valence-electron chi connectivity index (χ3n) is 1.98. The quantitative estimate of drug-likeness (QED) is 0.887. The number of ether oxygens (including phenoxy) is 1. The maximum atomic E-state index is 9.11. The number of pyridine rings is 1. The Morgan fingerprint density at radius 3 is 3.08 bits per heavy atom. The Balaban J connectivity index is 2.03. The van der Waals surface area contributed by atoms with Gasteiger partial charge in [0.25, 0.3) is 0 Å². The maximum absolute atomic E-state index is 9.11. The minimum absolute atomic E-state index is 0.00556. The second-order valence-electron chi connectivity index (χ2n) is 3.23. The predicted molar refractivity (Wildman–Crippen MR) is 51.8 cm³/mol. The molecular formula is C9H10BrNO2. The van der Waals surface area contributed by atoms with Crippen LogP contribution in [0.5, 0.6) is 11.6 Å². The first kappa shape index (κ1) is 8.81. The van der Waals surface area contributed by atoms with Crippen molar-refractivity contribution >= 4 is 15.9 Å². The van der Waals surface area contributed by atoms with Crippen LogP contribution in [0.15, 0.2) is 16.7 Å². The fourth-order valence-corrected chi connectivity index (χ4v) is 1.34. The van der Waals surface area contributed by atoms with Crippen LogP contribution < -0.4 is 4.74 Å². The summed E-state index contributed by atoms with van der Waals surface area (Å²) in [7, 11) is 0. The molecule has 0 spiro atoms. The summed E-state index contributed by atoms with van der Waals surface area (Å²) in [6.45, 7) is 0.738. The van der Waals surface area contributed by atoms with Gasteiger partial charge in [-0.15, -0.1) is 0 Å². The van der Waals surface area contributed by atoms with E-state index in [1.54, 1.807) is 0 Å². The Hall–Kier alpha value is -0.770. The van der Waals surface area contributed by atoms with Crippen LogP contribution in [-0.4, -0.2) is 16.7 Å². The normalized spacial score (nSPS) is 15.8. The lowest BCUT2D eigenvalue weighted by Gasteiger charge is -2.06. The SMILES string of the molecule is Oc1cc(OCC2CC2)c(Br)cn1. The van der Waals surface area contributed by atoms with Crippen LogP contribution in [0.3, 0.4) is 0 Å². The Kier molecular flexibility index (Phi) is 2.40. The van der Waals surface area contributed by atoms with Gasteiger partial charge in [0.05, 0.1) is 11.1 Å². The molecule has 13 heavy (non-hydrogen) atoms. The summed E-state index contributed by atoms with van der Waals surface area (Å²) in [5.74, 6) is 1.37. The molecule has 1 fully saturated rings. The molecule has 0 bridgehead atoms. The first-order chi connectivity index (χ1) is 6.25. The van der Waals surface area contributed by atoms with Crippen LogP contribution in [0.25, 0.3) is 0 Å². The molecule has 1 aliphatic carbocycles. The van der Waals surface area contributed by atoms with E-state index in [1.807, 2.05) is 0 Å². The molecule has 0 aliphatic heterocycles. The summed E-state index contributed by atoms with van der Waals surface area (Å²) >= 11 is 3.30. The largest absolute Gasteiger partial charge is 0.493 e. The summed E-state index contributed by atoms with van der Waals surface area (Å²) < 4.78 is 6.28. The summed E-state index contributed by atoms with van der Waals surface area (Å²) in [5, 5.41) is 9.11. The number of hydrogen-bond donors (Lipinski definition) is 1. The Morgan fingerprint density at radius 1 is 1.62 bits per heavy atom. The highest BCUT2D eigenvalue weighted by Crippen LogP contribution is 2.32. The van der Waals surface area contributed by atoms with Gasteiger partial charge in [-0.05, 0) is 34.7 Å². The van der Waals surface area contributed by atoms with E-state index in [-0.39, 0.29) is 5.88 Å². The average molecular weight is 244 g/mol. The zero-order valence-corrected chi connectivity index (χ0v) is 8.62. The van der Waals surface area contributed by atoms with E-state index in [9.17, 15) is 0 Å². The summed E-state index contributed by atoms with van der Waals surface area (Å²) in [6, 6.07) is 1.52. The first-order valence-corrected chi connectivity index (χ1v) is 5.02. The molecule has 0 saturated heterocycles. The van der Waals surface area contributed by atoms with Crippen molar-refractivity contribution in [3.63, 3.8) is 0 Å². The Labute approximate surface area is 84.9 Å². The standard InChI is InChI=1S/C9H10BrNO2/c10-7-4-11-9(12)3-8(7)13-5-6-1-2-6/h3-4,6H,1-2,5H2,(H,11,12). The van der Waals surface area contributed by atoms with Crippen molar-refractivity contribution in [2.45, 2.75) is 12.8 Å². The molecule has 0 radical (unpaired) electrons. The van der Waals surface area contributed by atoms with Gasteiger partial charge in [-0.2, -0.15) is 0 Å². The van der Waals surface area contributed by atoms with E-state index < -0.39 is 0 Å². The fraction of sp³-hybridized carbons (Fsp3) is 0.444. The van der Waals surface area contributed by atoms with Gasteiger partial charge in [0.15, 0.2) is 0 Å². The molecule has 70 valence electrons. The monoisotopic (exact) mass is 243 g/mol. The number of halogens is 1. The number of hydrogen-bond acceptors (Lipinski definition) is 3. The second-order valence-corrected chi connectivity index (χ2v) is 4.08. The number of rotatable bonds is 3. The second kappa shape index (κ2) is 3.54. The van der Waals surface area contributed by atoms with Crippen LogP contribution in [0.2, 0.25) is 0 Å². The van der Waals surface area contributed by atoms with Crippen molar-refractivity contribution in [3.05, 3.63) is 16.7 Å². The summed E-state index contributed by atoms with van der Waals surface area (Å²) in [6.07, 6.45) is 4.06. The minimum atomic E-state index is -0.00556. The van der Waals surface area contributed by atoms with Crippen LogP contribution in [-0.2, 0) is 0 Å². The van der Waals surface area contributed by atoms with E-state index in [4.69, 9.17) is 9.84 Å². The molecule has 1 heterocycles. The fourth-order valence-electron chi connectivity index (χ4n) is 1.01. The zero-order valence-electron chi connectivity index (χ0n) is 7.03. The molecule has 4 heteroatoms. The number of nitrogens with zero attached hydrogens (tertiary/aromatic N) is 1. The number of aromatic hydroxyl groups is 1. The zero-order chi connectivity index (χ0) is 9.26. The van der Waals surface area contributed by atoms with Gasteiger partial charge in [0.1, 0.15) is 5.75 Å². The van der Waals surface area contributed by atoms with Crippen LogP contribution >= 0.6 is 15.9 Å². The van der Waals surface area contributed by atoms with Gasteiger partial charge in [-0.1, -0.05) is 0 Å². The van der Waals surface area contributed by atoms with Gasteiger partial charge in [-0.25, -0.2) is 4.98 Å². The Morgan fingerprint density at radius 2 is 2.38 bits per heavy atom. The van der Waals surface area contributed by atoms with Crippen molar-refractivity contribution in [2.75, 3.05) is 6.61 Å². The molecule has 1 N–H and O–H groups in total. The van der Waals surface area contributed by atoms with Crippen molar-refractivity contribution in [1.82, 2.24) is 4.98 Å². The number of aromatic nitrogens is 1. The molecule has 1 saturated carbocycles. The van der Waals surface area contributed by atoms with Crippen molar-refractivity contribution in [3.8, 4) is 11.6 Å².